The van der Waals surface area contributed by atoms with Gasteiger partial charge >= 0.3 is 12.1 Å². The first-order valence-corrected chi connectivity index (χ1v) is 6.08. The number of rotatable bonds is 3. The van der Waals surface area contributed by atoms with E-state index in [4.69, 9.17) is 4.74 Å². The Balaban J connectivity index is 2.32. The summed E-state index contributed by atoms with van der Waals surface area (Å²) in [7, 11) is 1.54. The lowest BCUT2D eigenvalue weighted by atomic mass is 10.1. The summed E-state index contributed by atoms with van der Waals surface area (Å²) in [5.74, 6) is -0.521. The van der Waals surface area contributed by atoms with Crippen LogP contribution in [0.25, 0.3) is 11.4 Å². The Kier molecular flexibility index (Phi) is 3.97. The number of aryl methyl sites for hydroxylation is 1. The summed E-state index contributed by atoms with van der Waals surface area (Å²) in [5, 5.41) is 3.89. The van der Waals surface area contributed by atoms with Gasteiger partial charge in [0.2, 0.25) is 0 Å². The van der Waals surface area contributed by atoms with Gasteiger partial charge in [0.15, 0.2) is 5.82 Å². The molecule has 0 bridgehead atoms. The highest BCUT2D eigenvalue weighted by Crippen LogP contribution is 2.30. The van der Waals surface area contributed by atoms with E-state index >= 15 is 0 Å². The van der Waals surface area contributed by atoms with Gasteiger partial charge in [-0.1, -0.05) is 12.1 Å². The van der Waals surface area contributed by atoms with Crippen molar-refractivity contribution in [3.63, 3.8) is 0 Å². The highest BCUT2D eigenvalue weighted by Gasteiger charge is 2.30. The molecule has 0 unspecified atom stereocenters. The quantitative estimate of drug-likeness (QED) is 0.818. The molecule has 0 saturated carbocycles. The van der Waals surface area contributed by atoms with Crippen molar-refractivity contribution in [3.05, 3.63) is 35.7 Å². The number of carbonyl (C=O) groups excluding carboxylic acids is 1. The number of aromatic nitrogens is 3. The third-order valence-corrected chi connectivity index (χ3v) is 2.69. The standard InChI is InChI=1S/C13H12F3N3O2/c1-3-21-12(20)10-17-11(19(2)18-10)8-4-6-9(7-5-8)13(14,15)16/h4-7H,3H2,1-2H3. The Morgan fingerprint density at radius 1 is 1.29 bits per heavy atom. The van der Waals surface area contributed by atoms with Gasteiger partial charge in [-0.05, 0) is 19.1 Å². The fourth-order valence-electron chi connectivity index (χ4n) is 1.73. The van der Waals surface area contributed by atoms with Crippen molar-refractivity contribution >= 4 is 5.97 Å². The van der Waals surface area contributed by atoms with E-state index in [1.165, 1.54) is 16.8 Å². The summed E-state index contributed by atoms with van der Waals surface area (Å²) >= 11 is 0. The molecule has 2 rings (SSSR count). The van der Waals surface area contributed by atoms with Gasteiger partial charge in [-0.15, -0.1) is 5.10 Å². The van der Waals surface area contributed by atoms with Gasteiger partial charge < -0.3 is 4.74 Å². The minimum absolute atomic E-state index is 0.130. The number of hydrogen-bond acceptors (Lipinski definition) is 4. The summed E-state index contributed by atoms with van der Waals surface area (Å²) in [5.41, 5.74) is -0.326. The lowest BCUT2D eigenvalue weighted by molar-refractivity contribution is -0.137. The van der Waals surface area contributed by atoms with Crippen molar-refractivity contribution in [2.75, 3.05) is 6.61 Å². The van der Waals surface area contributed by atoms with Crippen LogP contribution < -0.4 is 0 Å². The van der Waals surface area contributed by atoms with E-state index in [0.29, 0.717) is 5.56 Å². The molecule has 0 saturated heterocycles. The van der Waals surface area contributed by atoms with Crippen molar-refractivity contribution in [2.45, 2.75) is 13.1 Å². The van der Waals surface area contributed by atoms with Gasteiger partial charge in [0.1, 0.15) is 0 Å². The number of esters is 1. The zero-order valence-corrected chi connectivity index (χ0v) is 11.3. The van der Waals surface area contributed by atoms with Crippen molar-refractivity contribution in [3.8, 4) is 11.4 Å². The molecule has 1 aromatic heterocycles. The van der Waals surface area contributed by atoms with Crippen LogP contribution in [0.3, 0.4) is 0 Å². The third-order valence-electron chi connectivity index (χ3n) is 2.69. The van der Waals surface area contributed by atoms with Gasteiger partial charge in [-0.2, -0.15) is 13.2 Å². The Labute approximate surface area is 118 Å². The maximum Gasteiger partial charge on any atom is 0.416 e. The molecule has 0 aliphatic heterocycles. The molecule has 1 heterocycles. The van der Waals surface area contributed by atoms with E-state index in [2.05, 4.69) is 10.1 Å². The predicted octanol–water partition coefficient (Wildman–Crippen LogP) is 2.68. The van der Waals surface area contributed by atoms with Crippen LogP contribution in [-0.4, -0.2) is 27.3 Å². The minimum Gasteiger partial charge on any atom is -0.460 e. The fourth-order valence-corrected chi connectivity index (χ4v) is 1.73. The lowest BCUT2D eigenvalue weighted by Crippen LogP contribution is -2.07. The highest BCUT2D eigenvalue weighted by molar-refractivity contribution is 5.85. The normalized spacial score (nSPS) is 11.5. The maximum atomic E-state index is 12.5. The molecule has 21 heavy (non-hydrogen) atoms. The molecule has 0 radical (unpaired) electrons. The minimum atomic E-state index is -4.39. The molecule has 0 amide bonds. The van der Waals surface area contributed by atoms with Crippen molar-refractivity contribution < 1.29 is 22.7 Å². The van der Waals surface area contributed by atoms with Gasteiger partial charge in [0.05, 0.1) is 12.2 Å². The monoisotopic (exact) mass is 299 g/mol. The molecule has 0 atom stereocenters. The summed E-state index contributed by atoms with van der Waals surface area (Å²) in [4.78, 5) is 15.5. The number of carbonyl (C=O) groups is 1. The first-order chi connectivity index (χ1) is 9.82. The Morgan fingerprint density at radius 3 is 2.43 bits per heavy atom. The number of nitrogens with zero attached hydrogens (tertiary/aromatic N) is 3. The molecular weight excluding hydrogens is 287 g/mol. The molecule has 0 aliphatic carbocycles. The topological polar surface area (TPSA) is 57.0 Å². The first-order valence-electron chi connectivity index (χ1n) is 6.08. The SMILES string of the molecule is CCOC(=O)c1nc(-c2ccc(C(F)(F)F)cc2)n(C)n1. The first kappa shape index (κ1) is 15.0. The molecule has 5 nitrogen and oxygen atoms in total. The second-order valence-electron chi connectivity index (χ2n) is 4.18. The molecule has 0 fully saturated rings. The van der Waals surface area contributed by atoms with E-state index < -0.39 is 17.7 Å². The number of alkyl halides is 3. The van der Waals surface area contributed by atoms with Crippen LogP contribution in [0.5, 0.6) is 0 Å². The number of hydrogen-bond donors (Lipinski definition) is 0. The van der Waals surface area contributed by atoms with Crippen LogP contribution in [-0.2, 0) is 18.0 Å². The van der Waals surface area contributed by atoms with E-state index in [9.17, 15) is 18.0 Å². The molecule has 8 heteroatoms. The smallest absolute Gasteiger partial charge is 0.416 e. The predicted molar refractivity (Wildman–Crippen MR) is 67.4 cm³/mol. The van der Waals surface area contributed by atoms with Gasteiger partial charge in [-0.3, -0.25) is 0 Å². The fraction of sp³-hybridized carbons (Fsp3) is 0.308. The molecule has 1 aromatic carbocycles. The maximum absolute atomic E-state index is 12.5. The van der Waals surface area contributed by atoms with E-state index in [1.54, 1.807) is 14.0 Å². The average molecular weight is 299 g/mol. The Morgan fingerprint density at radius 2 is 1.90 bits per heavy atom. The average Bonchev–Trinajstić information content (AvgIpc) is 2.80. The second kappa shape index (κ2) is 5.55. The summed E-state index contributed by atoms with van der Waals surface area (Å²) in [6.45, 7) is 1.84. The number of ether oxygens (including phenoxy) is 1. The summed E-state index contributed by atoms with van der Waals surface area (Å²) < 4.78 is 43.6. The van der Waals surface area contributed by atoms with Gasteiger partial charge in [-0.25, -0.2) is 14.5 Å². The number of benzene rings is 1. The van der Waals surface area contributed by atoms with Crippen LogP contribution in [0.1, 0.15) is 23.1 Å². The second-order valence-corrected chi connectivity index (χ2v) is 4.18. The van der Waals surface area contributed by atoms with E-state index in [-0.39, 0.29) is 18.3 Å². The van der Waals surface area contributed by atoms with Crippen molar-refractivity contribution in [1.82, 2.24) is 14.8 Å². The highest BCUT2D eigenvalue weighted by atomic mass is 19.4. The largest absolute Gasteiger partial charge is 0.460 e. The molecule has 112 valence electrons. The lowest BCUT2D eigenvalue weighted by Gasteiger charge is -2.07. The molecule has 2 aromatic rings. The summed E-state index contributed by atoms with van der Waals surface area (Å²) in [6.07, 6.45) is -4.39. The summed E-state index contributed by atoms with van der Waals surface area (Å²) in [6, 6.07) is 4.46. The van der Waals surface area contributed by atoms with E-state index in [1.807, 2.05) is 0 Å². The van der Waals surface area contributed by atoms with Gasteiger partial charge in [0.25, 0.3) is 5.82 Å². The van der Waals surface area contributed by atoms with Crippen LogP contribution >= 0.6 is 0 Å². The zero-order chi connectivity index (χ0) is 15.6. The van der Waals surface area contributed by atoms with Crippen LogP contribution in [0.2, 0.25) is 0 Å². The number of halogens is 3. The Hall–Kier alpha value is -2.38. The van der Waals surface area contributed by atoms with Crippen LogP contribution in [0.15, 0.2) is 24.3 Å². The van der Waals surface area contributed by atoms with E-state index in [0.717, 1.165) is 12.1 Å². The van der Waals surface area contributed by atoms with Gasteiger partial charge in [0, 0.05) is 12.6 Å². The van der Waals surface area contributed by atoms with Crippen molar-refractivity contribution in [2.24, 2.45) is 7.05 Å². The molecular formula is C13H12F3N3O2. The Bertz CT molecular complexity index is 648. The molecule has 0 N–H and O–H groups in total. The van der Waals surface area contributed by atoms with Crippen LogP contribution in [0.4, 0.5) is 13.2 Å². The third kappa shape index (κ3) is 3.21. The van der Waals surface area contributed by atoms with Crippen LogP contribution in [0, 0.1) is 0 Å². The van der Waals surface area contributed by atoms with Crippen molar-refractivity contribution in [1.29, 1.82) is 0 Å². The zero-order valence-electron chi connectivity index (χ0n) is 11.3. The molecule has 0 aliphatic rings. The molecule has 0 spiro atoms.